The van der Waals surface area contributed by atoms with Gasteiger partial charge in [-0.25, -0.2) is 4.68 Å². The molecule has 0 aliphatic rings. The maximum absolute atomic E-state index is 11.6. The SMILES string of the molecule is CCC(C)NC(=O)Cn1cc(CCCN)nn1. The number of nitrogens with two attached hydrogens (primary N) is 1. The molecular weight excluding hydrogens is 218 g/mol. The van der Waals surface area contributed by atoms with E-state index in [1.165, 1.54) is 0 Å². The predicted molar refractivity (Wildman–Crippen MR) is 65.3 cm³/mol. The highest BCUT2D eigenvalue weighted by Crippen LogP contribution is 1.97. The molecule has 17 heavy (non-hydrogen) atoms. The van der Waals surface area contributed by atoms with Crippen LogP contribution in [0.3, 0.4) is 0 Å². The molecule has 6 heteroatoms. The van der Waals surface area contributed by atoms with E-state index in [-0.39, 0.29) is 18.5 Å². The zero-order valence-electron chi connectivity index (χ0n) is 10.5. The Morgan fingerprint density at radius 1 is 1.65 bits per heavy atom. The summed E-state index contributed by atoms with van der Waals surface area (Å²) in [6, 6.07) is 0.197. The van der Waals surface area contributed by atoms with Crippen LogP contribution in [-0.2, 0) is 17.8 Å². The molecule has 1 heterocycles. The molecule has 0 fully saturated rings. The molecule has 1 aromatic heterocycles. The van der Waals surface area contributed by atoms with Gasteiger partial charge in [-0.3, -0.25) is 4.79 Å². The molecule has 0 radical (unpaired) electrons. The minimum Gasteiger partial charge on any atom is -0.352 e. The van der Waals surface area contributed by atoms with Crippen LogP contribution in [0.25, 0.3) is 0 Å². The van der Waals surface area contributed by atoms with Gasteiger partial charge in [0.25, 0.3) is 0 Å². The minimum absolute atomic E-state index is 0.0328. The second kappa shape index (κ2) is 7.01. The van der Waals surface area contributed by atoms with Crippen molar-refractivity contribution >= 4 is 5.91 Å². The average Bonchev–Trinajstić information content (AvgIpc) is 2.73. The second-order valence-electron chi connectivity index (χ2n) is 4.18. The number of hydrogen-bond acceptors (Lipinski definition) is 4. The molecule has 1 unspecified atom stereocenters. The largest absolute Gasteiger partial charge is 0.352 e. The van der Waals surface area contributed by atoms with Crippen LogP contribution in [0.1, 0.15) is 32.4 Å². The summed E-state index contributed by atoms with van der Waals surface area (Å²) in [5.41, 5.74) is 6.30. The monoisotopic (exact) mass is 239 g/mol. The summed E-state index contributed by atoms with van der Waals surface area (Å²) in [6.45, 7) is 4.87. The maximum Gasteiger partial charge on any atom is 0.242 e. The summed E-state index contributed by atoms with van der Waals surface area (Å²) < 4.78 is 1.56. The lowest BCUT2D eigenvalue weighted by atomic mass is 10.2. The third-order valence-corrected chi connectivity index (χ3v) is 2.55. The lowest BCUT2D eigenvalue weighted by Crippen LogP contribution is -2.34. The van der Waals surface area contributed by atoms with E-state index < -0.39 is 0 Å². The number of carbonyl (C=O) groups is 1. The van der Waals surface area contributed by atoms with Crippen molar-refractivity contribution in [1.82, 2.24) is 20.3 Å². The summed E-state index contributed by atoms with van der Waals surface area (Å²) in [6.07, 6.45) is 4.41. The quantitative estimate of drug-likeness (QED) is 0.706. The Morgan fingerprint density at radius 3 is 3.06 bits per heavy atom. The van der Waals surface area contributed by atoms with Crippen molar-refractivity contribution in [3.8, 4) is 0 Å². The van der Waals surface area contributed by atoms with E-state index >= 15 is 0 Å². The number of carbonyl (C=O) groups excluding carboxylic acids is 1. The molecule has 0 aromatic carbocycles. The molecule has 1 atom stereocenters. The Hall–Kier alpha value is -1.43. The number of hydrogen-bond donors (Lipinski definition) is 2. The molecule has 1 aromatic rings. The van der Waals surface area contributed by atoms with Crippen LogP contribution in [-0.4, -0.2) is 33.5 Å². The molecule has 3 N–H and O–H groups in total. The van der Waals surface area contributed by atoms with Crippen molar-refractivity contribution in [1.29, 1.82) is 0 Å². The molecule has 0 aliphatic heterocycles. The predicted octanol–water partition coefficient (Wildman–Crippen LogP) is 0.0841. The van der Waals surface area contributed by atoms with E-state index in [4.69, 9.17) is 5.73 Å². The first kappa shape index (κ1) is 13.6. The molecule has 6 nitrogen and oxygen atoms in total. The molecule has 96 valence electrons. The second-order valence-corrected chi connectivity index (χ2v) is 4.18. The van der Waals surface area contributed by atoms with Crippen molar-refractivity contribution in [2.45, 2.75) is 45.7 Å². The van der Waals surface area contributed by atoms with Crippen LogP contribution >= 0.6 is 0 Å². The van der Waals surface area contributed by atoms with Gasteiger partial charge < -0.3 is 11.1 Å². The van der Waals surface area contributed by atoms with Gasteiger partial charge in [0.05, 0.1) is 5.69 Å². The van der Waals surface area contributed by atoms with Crippen molar-refractivity contribution < 1.29 is 4.79 Å². The zero-order valence-corrected chi connectivity index (χ0v) is 10.5. The smallest absolute Gasteiger partial charge is 0.242 e. The molecule has 0 spiro atoms. The van der Waals surface area contributed by atoms with E-state index in [2.05, 4.69) is 15.6 Å². The fourth-order valence-corrected chi connectivity index (χ4v) is 1.38. The third kappa shape index (κ3) is 4.95. The number of nitrogens with zero attached hydrogens (tertiary/aromatic N) is 3. The Labute approximate surface area is 102 Å². The molecule has 0 saturated carbocycles. The molecular formula is C11H21N5O. The summed E-state index contributed by atoms with van der Waals surface area (Å²) in [7, 11) is 0. The Bertz CT molecular complexity index is 349. The molecule has 0 bridgehead atoms. The van der Waals surface area contributed by atoms with E-state index in [1.807, 2.05) is 13.8 Å². The highest BCUT2D eigenvalue weighted by atomic mass is 16.2. The average molecular weight is 239 g/mol. The van der Waals surface area contributed by atoms with Gasteiger partial charge in [-0.05, 0) is 32.7 Å². The van der Waals surface area contributed by atoms with Crippen LogP contribution < -0.4 is 11.1 Å². The normalized spacial score (nSPS) is 12.4. The van der Waals surface area contributed by atoms with Gasteiger partial charge in [-0.1, -0.05) is 12.1 Å². The van der Waals surface area contributed by atoms with Gasteiger partial charge in [0.1, 0.15) is 6.54 Å². The fraction of sp³-hybridized carbons (Fsp3) is 0.727. The van der Waals surface area contributed by atoms with Gasteiger partial charge in [-0.15, -0.1) is 5.10 Å². The van der Waals surface area contributed by atoms with Gasteiger partial charge in [0.2, 0.25) is 5.91 Å². The van der Waals surface area contributed by atoms with E-state index in [9.17, 15) is 4.79 Å². The highest BCUT2D eigenvalue weighted by Gasteiger charge is 2.08. The summed E-state index contributed by atoms with van der Waals surface area (Å²) in [5, 5.41) is 10.8. The lowest BCUT2D eigenvalue weighted by molar-refractivity contribution is -0.122. The van der Waals surface area contributed by atoms with E-state index in [0.717, 1.165) is 25.0 Å². The Kier molecular flexibility index (Phi) is 5.62. The van der Waals surface area contributed by atoms with Crippen molar-refractivity contribution in [2.24, 2.45) is 5.73 Å². The third-order valence-electron chi connectivity index (χ3n) is 2.55. The van der Waals surface area contributed by atoms with Gasteiger partial charge in [0, 0.05) is 12.2 Å². The van der Waals surface area contributed by atoms with Crippen LogP contribution in [0.5, 0.6) is 0 Å². The highest BCUT2D eigenvalue weighted by molar-refractivity contribution is 5.75. The topological polar surface area (TPSA) is 85.8 Å². The molecule has 0 aliphatic carbocycles. The summed E-state index contributed by atoms with van der Waals surface area (Å²) in [4.78, 5) is 11.6. The van der Waals surface area contributed by atoms with Gasteiger partial charge >= 0.3 is 0 Å². The lowest BCUT2D eigenvalue weighted by Gasteiger charge is -2.10. The van der Waals surface area contributed by atoms with Gasteiger partial charge in [0.15, 0.2) is 0 Å². The number of amides is 1. The Balaban J connectivity index is 2.40. The van der Waals surface area contributed by atoms with E-state index in [0.29, 0.717) is 6.54 Å². The standard InChI is InChI=1S/C11H21N5O/c1-3-9(2)13-11(17)8-16-7-10(14-15-16)5-4-6-12/h7,9H,3-6,8,12H2,1-2H3,(H,13,17). The van der Waals surface area contributed by atoms with Gasteiger partial charge in [-0.2, -0.15) is 0 Å². The summed E-state index contributed by atoms with van der Waals surface area (Å²) in [5.74, 6) is -0.0328. The summed E-state index contributed by atoms with van der Waals surface area (Å²) >= 11 is 0. The minimum atomic E-state index is -0.0328. The number of rotatable bonds is 7. The number of nitrogens with one attached hydrogen (secondary N) is 1. The Morgan fingerprint density at radius 2 is 2.41 bits per heavy atom. The zero-order chi connectivity index (χ0) is 12.7. The fourth-order valence-electron chi connectivity index (χ4n) is 1.38. The van der Waals surface area contributed by atoms with Crippen LogP contribution in [0, 0.1) is 0 Å². The first-order chi connectivity index (χ1) is 8.15. The molecule has 1 rings (SSSR count). The molecule has 0 saturated heterocycles. The van der Waals surface area contributed by atoms with Crippen molar-refractivity contribution in [3.05, 3.63) is 11.9 Å². The van der Waals surface area contributed by atoms with Crippen molar-refractivity contribution in [2.75, 3.05) is 6.54 Å². The van der Waals surface area contributed by atoms with E-state index in [1.54, 1.807) is 10.9 Å². The van der Waals surface area contributed by atoms with Crippen LogP contribution in [0.2, 0.25) is 0 Å². The first-order valence-corrected chi connectivity index (χ1v) is 6.04. The molecule has 1 amide bonds. The number of aryl methyl sites for hydroxylation is 1. The first-order valence-electron chi connectivity index (χ1n) is 6.04. The number of aromatic nitrogens is 3. The van der Waals surface area contributed by atoms with Crippen molar-refractivity contribution in [3.63, 3.8) is 0 Å². The maximum atomic E-state index is 11.6. The van der Waals surface area contributed by atoms with Crippen LogP contribution in [0.15, 0.2) is 6.20 Å². The van der Waals surface area contributed by atoms with Crippen LogP contribution in [0.4, 0.5) is 0 Å².